The highest BCUT2D eigenvalue weighted by Crippen LogP contribution is 2.64. The van der Waals surface area contributed by atoms with Crippen LogP contribution in [0.5, 0.6) is 0 Å². The molecule has 8 aromatic carbocycles. The van der Waals surface area contributed by atoms with Crippen LogP contribution < -0.4 is 0 Å². The van der Waals surface area contributed by atoms with E-state index in [-0.39, 0.29) is 5.92 Å². The number of hydrogen-bond donors (Lipinski definition) is 0. The number of para-hydroxylation sites is 2. The number of pyridine rings is 1. The predicted octanol–water partition coefficient (Wildman–Crippen LogP) is 15.0. The molecule has 0 amide bonds. The van der Waals surface area contributed by atoms with Crippen molar-refractivity contribution in [3.63, 3.8) is 0 Å². The molecule has 2 heterocycles. The van der Waals surface area contributed by atoms with Gasteiger partial charge in [-0.15, -0.1) is 0 Å². The first-order valence-electron chi connectivity index (χ1n) is 22.5. The smallest absolute Gasteiger partial charge is 0.0753 e. The fourth-order valence-corrected chi connectivity index (χ4v) is 12.7. The van der Waals surface area contributed by atoms with E-state index in [0.29, 0.717) is 0 Å². The Bertz CT molecular complexity index is 3860. The van der Waals surface area contributed by atoms with Gasteiger partial charge in [-0.3, -0.25) is 4.98 Å². The van der Waals surface area contributed by atoms with E-state index >= 15 is 0 Å². The van der Waals surface area contributed by atoms with Gasteiger partial charge in [0, 0.05) is 34.1 Å². The molecule has 1 spiro atoms. The largest absolute Gasteiger partial charge is 0.309 e. The van der Waals surface area contributed by atoms with Crippen molar-refractivity contribution >= 4 is 44.2 Å². The highest BCUT2D eigenvalue weighted by atomic mass is 15.0. The lowest BCUT2D eigenvalue weighted by Gasteiger charge is -2.37. The maximum Gasteiger partial charge on any atom is 0.0753 e. The summed E-state index contributed by atoms with van der Waals surface area (Å²) in [6.07, 6.45) is 14.6. The molecule has 2 unspecified atom stereocenters. The van der Waals surface area contributed by atoms with E-state index in [1.165, 1.54) is 122 Å². The van der Waals surface area contributed by atoms with Gasteiger partial charge in [0.15, 0.2) is 0 Å². The van der Waals surface area contributed by atoms with Gasteiger partial charge in [0.05, 0.1) is 22.1 Å². The van der Waals surface area contributed by atoms with Crippen LogP contribution in [0.4, 0.5) is 0 Å². The molecule has 2 heteroatoms. The van der Waals surface area contributed by atoms with Crippen LogP contribution >= 0.6 is 0 Å². The minimum Gasteiger partial charge on any atom is -0.309 e. The van der Waals surface area contributed by atoms with E-state index in [0.717, 1.165) is 17.8 Å². The van der Waals surface area contributed by atoms with Crippen molar-refractivity contribution in [1.29, 1.82) is 0 Å². The zero-order valence-corrected chi connectivity index (χ0v) is 34.9. The highest BCUT2D eigenvalue weighted by Gasteiger charge is 2.53. The van der Waals surface area contributed by atoms with E-state index < -0.39 is 5.41 Å². The van der Waals surface area contributed by atoms with E-state index in [9.17, 15) is 0 Å². The second-order valence-electron chi connectivity index (χ2n) is 18.1. The molecule has 5 aliphatic carbocycles. The monoisotopic (exact) mass is 810 g/mol. The molecule has 2 nitrogen and oxygen atoms in total. The third kappa shape index (κ3) is 4.32. The van der Waals surface area contributed by atoms with Crippen molar-refractivity contribution in [1.82, 2.24) is 9.55 Å². The average Bonchev–Trinajstić information content (AvgIpc) is 3.96. The summed E-state index contributed by atoms with van der Waals surface area (Å²) in [5.74, 6) is 0.198. The van der Waals surface area contributed by atoms with E-state index in [2.05, 4.69) is 211 Å². The fraction of sp³-hybridized carbons (Fsp3) is 0.0484. The first-order valence-corrected chi connectivity index (χ1v) is 22.5. The van der Waals surface area contributed by atoms with Gasteiger partial charge in [0.25, 0.3) is 0 Å². The minimum atomic E-state index is -0.554. The zero-order valence-electron chi connectivity index (χ0n) is 34.9. The molecular weight excluding hydrogens is 773 g/mol. The van der Waals surface area contributed by atoms with Crippen LogP contribution in [0.25, 0.3) is 83.4 Å². The molecule has 5 aliphatic rings. The van der Waals surface area contributed by atoms with Crippen LogP contribution in [0, 0.1) is 0 Å². The molecule has 15 rings (SSSR count). The quantitative estimate of drug-likeness (QED) is 0.174. The van der Waals surface area contributed by atoms with Crippen LogP contribution in [-0.2, 0) is 11.8 Å². The molecule has 0 radical (unpaired) electrons. The first-order chi connectivity index (χ1) is 31.8. The average molecular weight is 811 g/mol. The molecule has 64 heavy (non-hydrogen) atoms. The molecular formula is C62H38N2. The Morgan fingerprint density at radius 1 is 0.516 bits per heavy atom. The molecule has 0 aliphatic heterocycles. The number of hydrogen-bond acceptors (Lipinski definition) is 1. The van der Waals surface area contributed by atoms with Crippen molar-refractivity contribution in [2.45, 2.75) is 17.8 Å². The summed E-state index contributed by atoms with van der Waals surface area (Å²) >= 11 is 0. The van der Waals surface area contributed by atoms with Gasteiger partial charge in [-0.2, -0.15) is 0 Å². The van der Waals surface area contributed by atoms with Crippen molar-refractivity contribution in [2.75, 3.05) is 0 Å². The summed E-state index contributed by atoms with van der Waals surface area (Å²) < 4.78 is 2.46. The van der Waals surface area contributed by atoms with Gasteiger partial charge >= 0.3 is 0 Å². The Kier molecular flexibility index (Phi) is 6.75. The zero-order chi connectivity index (χ0) is 41.7. The van der Waals surface area contributed by atoms with Gasteiger partial charge in [-0.25, -0.2) is 0 Å². The Morgan fingerprint density at radius 2 is 1.30 bits per heavy atom. The maximum absolute atomic E-state index is 5.19. The highest BCUT2D eigenvalue weighted by molar-refractivity contribution is 6.12. The third-order valence-corrected chi connectivity index (χ3v) is 15.2. The van der Waals surface area contributed by atoms with E-state index in [1.54, 1.807) is 0 Å². The summed E-state index contributed by atoms with van der Waals surface area (Å²) in [5.41, 5.74) is 25.4. The number of aromatic nitrogens is 2. The van der Waals surface area contributed by atoms with Crippen LogP contribution in [0.1, 0.15) is 50.4 Å². The second-order valence-corrected chi connectivity index (χ2v) is 18.1. The van der Waals surface area contributed by atoms with Crippen LogP contribution in [0.2, 0.25) is 0 Å². The Hall–Kier alpha value is -8.07. The number of benzene rings is 8. The van der Waals surface area contributed by atoms with Crippen molar-refractivity contribution in [2.24, 2.45) is 0 Å². The molecule has 0 saturated carbocycles. The molecule has 0 saturated heterocycles. The number of rotatable bonds is 3. The van der Waals surface area contributed by atoms with Gasteiger partial charge in [0.2, 0.25) is 0 Å². The summed E-state index contributed by atoms with van der Waals surface area (Å²) in [6, 6.07) is 66.0. The number of allylic oxidation sites excluding steroid dienone is 7. The molecule has 2 aromatic heterocycles. The van der Waals surface area contributed by atoms with Gasteiger partial charge in [-0.05, 0) is 143 Å². The van der Waals surface area contributed by atoms with Gasteiger partial charge in [0.1, 0.15) is 0 Å². The summed E-state index contributed by atoms with van der Waals surface area (Å²) in [5, 5.41) is 5.15. The summed E-state index contributed by atoms with van der Waals surface area (Å²) in [4.78, 5) is 5.19. The maximum atomic E-state index is 5.19. The Morgan fingerprint density at radius 3 is 2.25 bits per heavy atom. The molecule has 0 N–H and O–H groups in total. The third-order valence-electron chi connectivity index (χ3n) is 15.2. The van der Waals surface area contributed by atoms with Crippen molar-refractivity contribution < 1.29 is 0 Å². The van der Waals surface area contributed by atoms with Crippen molar-refractivity contribution in [3.8, 4) is 39.2 Å². The lowest BCUT2D eigenvalue weighted by atomic mass is 9.66. The van der Waals surface area contributed by atoms with Gasteiger partial charge in [-0.1, -0.05) is 164 Å². The van der Waals surface area contributed by atoms with Crippen molar-refractivity contribution in [3.05, 3.63) is 262 Å². The van der Waals surface area contributed by atoms with Crippen LogP contribution in [-0.4, -0.2) is 9.55 Å². The Balaban J connectivity index is 0.969. The molecule has 0 bridgehead atoms. The molecule has 0 fully saturated rings. The van der Waals surface area contributed by atoms with Crippen LogP contribution in [0.3, 0.4) is 0 Å². The summed E-state index contributed by atoms with van der Waals surface area (Å²) in [6.45, 7) is 0. The topological polar surface area (TPSA) is 17.8 Å². The standard InChI is InChI=1S/C62H38N2/c1-2-16-41(17-3-1)64-57-25-9-7-20-46(57)52-35-51-45-19-6-8-23-53(45)62(56(51)36-58(52)64)54-24-12-32-63-61(54)49-31-27-39(34-55(49)62)43-29-28-40-33-50(44-21-10-14-37-13-4-5-18-42(37)44)47-22-11-15-38-26-30-48(43)60(40)59(38)47/h1-32,34-36,59H,33H2. The molecule has 2 atom stereocenters. The second kappa shape index (κ2) is 12.5. The fourth-order valence-electron chi connectivity index (χ4n) is 12.7. The SMILES string of the molecule is C1=CC2=C(c3cccc4ccccc34)Cc3ccc(-c4ccc5c(c4)C4(c6ccccc6-c6cc7c8ccccc8n(-c8ccccc8)c7cc64)c4cccnc4-5)c4c3C2C(=C1)C=C4. The van der Waals surface area contributed by atoms with Gasteiger partial charge < -0.3 is 4.57 Å². The predicted molar refractivity (Wildman–Crippen MR) is 264 cm³/mol. The number of nitrogens with zero attached hydrogens (tertiary/aromatic N) is 2. The molecule has 296 valence electrons. The minimum absolute atomic E-state index is 0.198. The van der Waals surface area contributed by atoms with E-state index in [4.69, 9.17) is 4.98 Å². The Labute approximate surface area is 371 Å². The van der Waals surface area contributed by atoms with E-state index in [1.807, 2.05) is 6.20 Å². The first kappa shape index (κ1) is 34.5. The summed E-state index contributed by atoms with van der Waals surface area (Å²) in [7, 11) is 0. The number of fused-ring (bicyclic) bond motifs is 14. The molecule has 10 aromatic rings. The lowest BCUT2D eigenvalue weighted by Crippen LogP contribution is -2.26. The lowest BCUT2D eigenvalue weighted by molar-refractivity contribution is 0.792. The normalized spacial score (nSPS) is 18.1. The van der Waals surface area contributed by atoms with Crippen LogP contribution in [0.15, 0.2) is 218 Å².